The molecule has 0 radical (unpaired) electrons. The molecule has 0 aliphatic carbocycles. The van der Waals surface area contributed by atoms with Crippen molar-refractivity contribution in [3.63, 3.8) is 0 Å². The topological polar surface area (TPSA) is 29.3 Å². The Morgan fingerprint density at radius 2 is 1.75 bits per heavy atom. The summed E-state index contributed by atoms with van der Waals surface area (Å²) >= 11 is 0. The lowest BCUT2D eigenvalue weighted by Gasteiger charge is -2.41. The molecular weight excluding hydrogens is 251 g/mol. The van der Waals surface area contributed by atoms with Gasteiger partial charge in [-0.25, -0.2) is 4.39 Å². The van der Waals surface area contributed by atoms with Crippen molar-refractivity contribution < 1.29 is 4.39 Å². The molecule has 2 unspecified atom stereocenters. The molecule has 0 fully saturated rings. The zero-order chi connectivity index (χ0) is 15.2. The predicted molar refractivity (Wildman–Crippen MR) is 84.0 cm³/mol. The molecule has 20 heavy (non-hydrogen) atoms. The van der Waals surface area contributed by atoms with Gasteiger partial charge in [0.1, 0.15) is 5.82 Å². The Bertz CT molecular complexity index is 431. The van der Waals surface area contributed by atoms with Crippen molar-refractivity contribution in [3.8, 4) is 0 Å². The minimum absolute atomic E-state index is 0.0916. The Balaban J connectivity index is 3.09. The lowest BCUT2D eigenvalue weighted by Crippen LogP contribution is -2.54. The number of halogens is 1. The summed E-state index contributed by atoms with van der Waals surface area (Å²) in [5.74, 6) is -0.242. The van der Waals surface area contributed by atoms with E-state index in [1.165, 1.54) is 12.1 Å². The van der Waals surface area contributed by atoms with Crippen molar-refractivity contribution >= 4 is 0 Å². The fourth-order valence-electron chi connectivity index (χ4n) is 2.55. The van der Waals surface area contributed by atoms with Crippen LogP contribution in [0.15, 0.2) is 49.6 Å². The maximum Gasteiger partial charge on any atom is 0.123 e. The molecule has 0 heterocycles. The number of nitrogens with two attached hydrogens (primary N) is 1. The third-order valence-electron chi connectivity index (χ3n) is 3.99. The number of hydrogen-bond donors (Lipinski definition) is 1. The van der Waals surface area contributed by atoms with E-state index in [2.05, 4.69) is 31.9 Å². The summed E-state index contributed by atoms with van der Waals surface area (Å²) in [7, 11) is 0. The minimum atomic E-state index is -0.528. The summed E-state index contributed by atoms with van der Waals surface area (Å²) in [6.45, 7) is 13.2. The maximum atomic E-state index is 13.1. The van der Waals surface area contributed by atoms with Crippen LogP contribution in [0.25, 0.3) is 0 Å². The Labute approximate surface area is 121 Å². The fraction of sp³-hybridized carbons (Fsp3) is 0.412. The summed E-state index contributed by atoms with van der Waals surface area (Å²) in [5, 5.41) is 0. The molecule has 2 nitrogen and oxygen atoms in total. The molecule has 1 aromatic rings. The van der Waals surface area contributed by atoms with Gasteiger partial charge in [-0.3, -0.25) is 4.90 Å². The van der Waals surface area contributed by atoms with Crippen LogP contribution in [0, 0.1) is 5.82 Å². The van der Waals surface area contributed by atoms with Crippen LogP contribution in [-0.4, -0.2) is 24.0 Å². The second kappa shape index (κ2) is 7.36. The normalized spacial score (nSPS) is 15.7. The zero-order valence-electron chi connectivity index (χ0n) is 12.5. The highest BCUT2D eigenvalue weighted by molar-refractivity contribution is 5.26. The highest BCUT2D eigenvalue weighted by Crippen LogP contribution is 2.29. The van der Waals surface area contributed by atoms with E-state index in [0.717, 1.165) is 25.1 Å². The first-order valence-electron chi connectivity index (χ1n) is 7.00. The average molecular weight is 276 g/mol. The Kier molecular flexibility index (Phi) is 6.11. The van der Waals surface area contributed by atoms with Gasteiger partial charge in [0, 0.05) is 19.1 Å². The zero-order valence-corrected chi connectivity index (χ0v) is 12.5. The fourth-order valence-corrected chi connectivity index (χ4v) is 2.55. The van der Waals surface area contributed by atoms with Crippen LogP contribution in [0.1, 0.15) is 25.8 Å². The summed E-state index contributed by atoms with van der Waals surface area (Å²) in [4.78, 5) is 2.22. The summed E-state index contributed by atoms with van der Waals surface area (Å²) in [6.07, 6.45) is 4.49. The molecule has 2 atom stereocenters. The molecule has 0 aliphatic heterocycles. The molecule has 0 saturated carbocycles. The van der Waals surface area contributed by atoms with E-state index in [9.17, 15) is 4.39 Å². The van der Waals surface area contributed by atoms with Crippen LogP contribution < -0.4 is 5.73 Å². The van der Waals surface area contributed by atoms with Gasteiger partial charge < -0.3 is 5.73 Å². The van der Waals surface area contributed by atoms with Gasteiger partial charge in [-0.1, -0.05) is 31.2 Å². The largest absolute Gasteiger partial charge is 0.320 e. The highest BCUT2D eigenvalue weighted by atomic mass is 19.1. The van der Waals surface area contributed by atoms with Crippen LogP contribution >= 0.6 is 0 Å². The number of rotatable bonds is 8. The van der Waals surface area contributed by atoms with E-state index >= 15 is 0 Å². The quantitative estimate of drug-likeness (QED) is 0.737. The van der Waals surface area contributed by atoms with E-state index in [4.69, 9.17) is 5.73 Å². The van der Waals surface area contributed by atoms with Crippen LogP contribution in [0.3, 0.4) is 0 Å². The molecule has 1 aromatic carbocycles. The summed E-state index contributed by atoms with van der Waals surface area (Å²) in [6, 6.07) is 6.56. The van der Waals surface area contributed by atoms with E-state index in [1.807, 2.05) is 12.2 Å². The third-order valence-corrected chi connectivity index (χ3v) is 3.99. The van der Waals surface area contributed by atoms with Gasteiger partial charge in [-0.05, 0) is 31.0 Å². The molecule has 0 aliphatic rings. The Hall–Kier alpha value is -1.45. The third kappa shape index (κ3) is 3.56. The van der Waals surface area contributed by atoms with Gasteiger partial charge in [-0.2, -0.15) is 0 Å². The monoisotopic (exact) mass is 276 g/mol. The van der Waals surface area contributed by atoms with Gasteiger partial charge in [-0.15, -0.1) is 13.2 Å². The lowest BCUT2D eigenvalue weighted by molar-refractivity contribution is 0.154. The maximum absolute atomic E-state index is 13.1. The van der Waals surface area contributed by atoms with Crippen LogP contribution in [0.4, 0.5) is 4.39 Å². The Morgan fingerprint density at radius 1 is 1.25 bits per heavy atom. The number of hydrogen-bond acceptors (Lipinski definition) is 2. The smallest absolute Gasteiger partial charge is 0.123 e. The molecule has 1 rings (SSSR count). The molecule has 0 bridgehead atoms. The van der Waals surface area contributed by atoms with Crippen molar-refractivity contribution in [1.29, 1.82) is 0 Å². The minimum Gasteiger partial charge on any atom is -0.320 e. The molecule has 2 N–H and O–H groups in total. The summed E-state index contributed by atoms with van der Waals surface area (Å²) in [5.41, 5.74) is 7.06. The van der Waals surface area contributed by atoms with Gasteiger partial charge in [0.25, 0.3) is 0 Å². The number of benzene rings is 1. The molecule has 0 spiro atoms. The van der Waals surface area contributed by atoms with Gasteiger partial charge >= 0.3 is 0 Å². The predicted octanol–water partition coefficient (Wildman–Crippen LogP) is 3.45. The average Bonchev–Trinajstić information content (AvgIpc) is 2.46. The molecule has 110 valence electrons. The molecular formula is C17H25FN2. The summed E-state index contributed by atoms with van der Waals surface area (Å²) < 4.78 is 13.1. The first-order chi connectivity index (χ1) is 9.49. The molecule has 0 aromatic heterocycles. The van der Waals surface area contributed by atoms with E-state index in [-0.39, 0.29) is 11.9 Å². The van der Waals surface area contributed by atoms with E-state index in [0.29, 0.717) is 0 Å². The first kappa shape index (κ1) is 16.6. The molecule has 3 heteroatoms. The number of nitrogens with zero attached hydrogens (tertiary/aromatic N) is 1. The Morgan fingerprint density at radius 3 is 2.15 bits per heavy atom. The van der Waals surface area contributed by atoms with Crippen molar-refractivity contribution in [2.75, 3.05) is 13.1 Å². The van der Waals surface area contributed by atoms with Gasteiger partial charge in [0.05, 0.1) is 5.54 Å². The van der Waals surface area contributed by atoms with Crippen molar-refractivity contribution in [2.45, 2.75) is 31.8 Å². The first-order valence-corrected chi connectivity index (χ1v) is 7.00. The van der Waals surface area contributed by atoms with Crippen molar-refractivity contribution in [2.24, 2.45) is 5.73 Å². The second-order valence-electron chi connectivity index (χ2n) is 5.11. The van der Waals surface area contributed by atoms with Crippen LogP contribution in [-0.2, 0) is 5.54 Å². The lowest BCUT2D eigenvalue weighted by atomic mass is 9.81. The molecule has 0 saturated heterocycles. The molecule has 0 amide bonds. The van der Waals surface area contributed by atoms with Gasteiger partial charge in [0.2, 0.25) is 0 Å². The van der Waals surface area contributed by atoms with Crippen molar-refractivity contribution in [1.82, 2.24) is 4.90 Å². The van der Waals surface area contributed by atoms with Crippen molar-refractivity contribution in [3.05, 3.63) is 61.0 Å². The van der Waals surface area contributed by atoms with Crippen LogP contribution in [0.2, 0.25) is 0 Å². The standard InChI is InChI=1S/C17H25FN2/c1-5-12-20(13-6-2)14(4)17(19,7-3)15-8-10-16(18)11-9-15/h5-6,8-11,14H,1-2,7,12-13,19H2,3-4H3. The van der Waals surface area contributed by atoms with Gasteiger partial charge in [0.15, 0.2) is 0 Å². The van der Waals surface area contributed by atoms with E-state index < -0.39 is 5.54 Å². The highest BCUT2D eigenvalue weighted by Gasteiger charge is 2.35. The van der Waals surface area contributed by atoms with Crippen LogP contribution in [0.5, 0.6) is 0 Å². The SMILES string of the molecule is C=CCN(CC=C)C(C)C(N)(CC)c1ccc(F)cc1. The van der Waals surface area contributed by atoms with E-state index in [1.54, 1.807) is 12.1 Å². The second-order valence-corrected chi connectivity index (χ2v) is 5.11.